The summed E-state index contributed by atoms with van der Waals surface area (Å²) in [5.74, 6) is 3.53. The van der Waals surface area contributed by atoms with Crippen LogP contribution in [0.25, 0.3) is 0 Å². The van der Waals surface area contributed by atoms with Gasteiger partial charge in [0.1, 0.15) is 12.1 Å². The van der Waals surface area contributed by atoms with Crippen molar-refractivity contribution in [1.29, 1.82) is 0 Å². The number of amides is 1. The van der Waals surface area contributed by atoms with Gasteiger partial charge in [-0.05, 0) is 29.7 Å². The fourth-order valence-electron chi connectivity index (χ4n) is 4.41. The first kappa shape index (κ1) is 24.6. The van der Waals surface area contributed by atoms with Gasteiger partial charge in [-0.3, -0.25) is 9.69 Å². The monoisotopic (exact) mass is 483 g/mol. The van der Waals surface area contributed by atoms with E-state index in [1.807, 2.05) is 12.1 Å². The van der Waals surface area contributed by atoms with E-state index in [0.29, 0.717) is 22.8 Å². The predicted molar refractivity (Wildman–Crippen MR) is 129 cm³/mol. The zero-order chi connectivity index (χ0) is 24.9. The van der Waals surface area contributed by atoms with Crippen molar-refractivity contribution in [2.45, 2.75) is 39.4 Å². The molecule has 0 bridgehead atoms. The first-order chi connectivity index (χ1) is 16.9. The number of benzene rings is 1. The number of rotatable bonds is 9. The minimum atomic E-state index is -0.264. The number of carbonyl (C=O) groups is 1. The van der Waals surface area contributed by atoms with Crippen LogP contribution in [0, 0.1) is 5.92 Å². The maximum Gasteiger partial charge on any atom is 0.255 e. The van der Waals surface area contributed by atoms with E-state index in [2.05, 4.69) is 38.8 Å². The van der Waals surface area contributed by atoms with Gasteiger partial charge >= 0.3 is 0 Å². The van der Waals surface area contributed by atoms with Crippen LogP contribution in [-0.2, 0) is 19.5 Å². The van der Waals surface area contributed by atoms with Crippen LogP contribution >= 0.6 is 0 Å². The van der Waals surface area contributed by atoms with Crippen LogP contribution in [0.15, 0.2) is 35.1 Å². The van der Waals surface area contributed by atoms with Crippen molar-refractivity contribution in [3.63, 3.8) is 0 Å². The van der Waals surface area contributed by atoms with Gasteiger partial charge in [0.2, 0.25) is 5.75 Å². The van der Waals surface area contributed by atoms with E-state index in [1.54, 1.807) is 27.4 Å². The average Bonchev–Trinajstić information content (AvgIpc) is 3.49. The second kappa shape index (κ2) is 10.8. The van der Waals surface area contributed by atoms with Crippen LogP contribution in [0.2, 0.25) is 0 Å². The smallest absolute Gasteiger partial charge is 0.255 e. The Kier molecular flexibility index (Phi) is 7.60. The van der Waals surface area contributed by atoms with Crippen LogP contribution in [0.3, 0.4) is 0 Å². The molecule has 0 saturated heterocycles. The van der Waals surface area contributed by atoms with Gasteiger partial charge in [0.25, 0.3) is 5.91 Å². The number of nitrogens with one attached hydrogen (secondary N) is 1. The largest absolute Gasteiger partial charge is 0.493 e. The second-order valence-corrected chi connectivity index (χ2v) is 8.89. The summed E-state index contributed by atoms with van der Waals surface area (Å²) in [5, 5.41) is 12.1. The average molecular weight is 484 g/mol. The minimum Gasteiger partial charge on any atom is -0.493 e. The molecule has 3 aromatic rings. The van der Waals surface area contributed by atoms with Crippen molar-refractivity contribution < 1.29 is 23.4 Å². The zero-order valence-corrected chi connectivity index (χ0v) is 20.9. The van der Waals surface area contributed by atoms with E-state index in [-0.39, 0.29) is 17.9 Å². The van der Waals surface area contributed by atoms with E-state index in [0.717, 1.165) is 49.8 Å². The highest BCUT2D eigenvalue weighted by Crippen LogP contribution is 2.38. The first-order valence-electron chi connectivity index (χ1n) is 11.7. The summed E-state index contributed by atoms with van der Waals surface area (Å²) in [4.78, 5) is 15.1. The second-order valence-electron chi connectivity index (χ2n) is 8.89. The van der Waals surface area contributed by atoms with Crippen molar-refractivity contribution >= 4 is 5.91 Å². The molecule has 0 unspecified atom stereocenters. The summed E-state index contributed by atoms with van der Waals surface area (Å²) in [6.07, 6.45) is 3.70. The van der Waals surface area contributed by atoms with Gasteiger partial charge < -0.3 is 28.5 Å². The lowest BCUT2D eigenvalue weighted by atomic mass is 10.0. The maximum absolute atomic E-state index is 12.7. The summed E-state index contributed by atoms with van der Waals surface area (Å²) in [6, 6.07) is 5.36. The third-order valence-corrected chi connectivity index (χ3v) is 6.29. The van der Waals surface area contributed by atoms with Crippen molar-refractivity contribution in [2.75, 3.05) is 34.4 Å². The summed E-state index contributed by atoms with van der Waals surface area (Å²) in [7, 11) is 4.85. The molecule has 1 amide bonds. The molecule has 1 aliphatic rings. The summed E-state index contributed by atoms with van der Waals surface area (Å²) < 4.78 is 23.7. The Hall–Kier alpha value is -3.53. The maximum atomic E-state index is 12.7. The fourth-order valence-corrected chi connectivity index (χ4v) is 4.41. The molecule has 0 radical (unpaired) electrons. The Balaban J connectivity index is 1.49. The molecule has 10 nitrogen and oxygen atoms in total. The summed E-state index contributed by atoms with van der Waals surface area (Å²) in [6.45, 7) is 7.24. The lowest BCUT2D eigenvalue weighted by molar-refractivity contribution is 0.0921. The number of aromatic nitrogens is 3. The van der Waals surface area contributed by atoms with E-state index in [1.165, 1.54) is 12.5 Å². The summed E-state index contributed by atoms with van der Waals surface area (Å²) in [5.41, 5.74) is 1.56. The van der Waals surface area contributed by atoms with Crippen molar-refractivity contribution in [1.82, 2.24) is 25.0 Å². The molecule has 4 rings (SSSR count). The highest BCUT2D eigenvalue weighted by Gasteiger charge is 2.28. The molecule has 1 aromatic carbocycles. The van der Waals surface area contributed by atoms with Gasteiger partial charge in [-0.15, -0.1) is 10.2 Å². The number of ether oxygens (including phenoxy) is 3. The van der Waals surface area contributed by atoms with Gasteiger partial charge in [0.05, 0.1) is 39.2 Å². The molecule has 0 aliphatic carbocycles. The lowest BCUT2D eigenvalue weighted by Crippen LogP contribution is -2.34. The standard InChI is InChI=1S/C25H33N5O5/c1-16(2)22(26-25(31)18-7-11-35-15-18)24-28-27-21-6-8-29(9-10-30(21)24)14-17-12-19(32-3)23(34-5)20(13-17)33-4/h7,11-13,15-16,22H,6,8-10,14H2,1-5H3,(H,26,31)/t22-/m0/s1. The molecule has 0 fully saturated rings. The van der Waals surface area contributed by atoms with Crippen LogP contribution in [0.1, 0.15) is 47.5 Å². The summed E-state index contributed by atoms with van der Waals surface area (Å²) >= 11 is 0. The van der Waals surface area contributed by atoms with Crippen LogP contribution < -0.4 is 19.5 Å². The zero-order valence-electron chi connectivity index (χ0n) is 20.9. The number of hydrogen-bond donors (Lipinski definition) is 1. The van der Waals surface area contributed by atoms with E-state index in [9.17, 15) is 4.79 Å². The molecule has 0 spiro atoms. The van der Waals surface area contributed by atoms with Gasteiger partial charge in [-0.2, -0.15) is 0 Å². The highest BCUT2D eigenvalue weighted by molar-refractivity contribution is 5.94. The molecule has 2 aromatic heterocycles. The highest BCUT2D eigenvalue weighted by atomic mass is 16.5. The molecule has 0 saturated carbocycles. The lowest BCUT2D eigenvalue weighted by Gasteiger charge is -2.23. The number of nitrogens with zero attached hydrogens (tertiary/aromatic N) is 4. The predicted octanol–water partition coefficient (Wildman–Crippen LogP) is 3.08. The van der Waals surface area contributed by atoms with Gasteiger partial charge in [-0.1, -0.05) is 13.8 Å². The van der Waals surface area contributed by atoms with Gasteiger partial charge in [0, 0.05) is 32.6 Å². The van der Waals surface area contributed by atoms with E-state index < -0.39 is 0 Å². The van der Waals surface area contributed by atoms with Crippen molar-refractivity contribution in [3.8, 4) is 17.2 Å². The van der Waals surface area contributed by atoms with Crippen LogP contribution in [-0.4, -0.2) is 60.0 Å². The Morgan fingerprint density at radius 2 is 1.83 bits per heavy atom. The topological polar surface area (TPSA) is 104 Å². The molecule has 1 aliphatic heterocycles. The molecular formula is C25H33N5O5. The normalized spacial score (nSPS) is 14.8. The quantitative estimate of drug-likeness (QED) is 0.495. The molecule has 35 heavy (non-hydrogen) atoms. The fraction of sp³-hybridized carbons (Fsp3) is 0.480. The molecule has 188 valence electrons. The molecule has 1 atom stereocenters. The number of hydrogen-bond acceptors (Lipinski definition) is 8. The van der Waals surface area contributed by atoms with E-state index in [4.69, 9.17) is 18.6 Å². The molecule has 10 heteroatoms. The van der Waals surface area contributed by atoms with Crippen LogP contribution in [0.4, 0.5) is 0 Å². The Morgan fingerprint density at radius 3 is 2.43 bits per heavy atom. The third-order valence-electron chi connectivity index (χ3n) is 6.29. The van der Waals surface area contributed by atoms with Crippen LogP contribution in [0.5, 0.6) is 17.2 Å². The molecule has 3 heterocycles. The Labute approximate surface area is 205 Å². The number of furan rings is 1. The Bertz CT molecular complexity index is 1120. The van der Waals surface area contributed by atoms with Gasteiger partial charge in [-0.25, -0.2) is 0 Å². The number of carbonyl (C=O) groups excluding carboxylic acids is 1. The van der Waals surface area contributed by atoms with Gasteiger partial charge in [0.15, 0.2) is 17.3 Å². The van der Waals surface area contributed by atoms with Crippen molar-refractivity contribution in [2.24, 2.45) is 5.92 Å². The van der Waals surface area contributed by atoms with Crippen molar-refractivity contribution in [3.05, 3.63) is 53.5 Å². The first-order valence-corrected chi connectivity index (χ1v) is 11.7. The minimum absolute atomic E-state index is 0.137. The molecule has 1 N–H and O–H groups in total. The molecular weight excluding hydrogens is 450 g/mol. The van der Waals surface area contributed by atoms with E-state index >= 15 is 0 Å². The SMILES string of the molecule is COc1cc(CN2CCc3nnc([C@@H](NC(=O)c4ccoc4)C(C)C)n3CC2)cc(OC)c1OC. The third kappa shape index (κ3) is 5.27. The number of methoxy groups -OCH3 is 3. The number of fused-ring (bicyclic) bond motifs is 1. The Morgan fingerprint density at radius 1 is 1.09 bits per heavy atom.